The molecule has 0 N–H and O–H groups in total. The van der Waals surface area contributed by atoms with Crippen molar-refractivity contribution in [1.82, 2.24) is 15.0 Å². The number of nitriles is 2. The van der Waals surface area contributed by atoms with Crippen LogP contribution < -0.4 is 0 Å². The van der Waals surface area contributed by atoms with E-state index < -0.39 is 0 Å². The van der Waals surface area contributed by atoms with Gasteiger partial charge in [-0.3, -0.25) is 0 Å². The highest BCUT2D eigenvalue weighted by Crippen LogP contribution is 2.42. The van der Waals surface area contributed by atoms with E-state index in [2.05, 4.69) is 66.7 Å². The molecular formula is C41H21N5OS. The maximum Gasteiger partial charge on any atom is 0.167 e. The van der Waals surface area contributed by atoms with E-state index in [9.17, 15) is 10.5 Å². The highest BCUT2D eigenvalue weighted by Gasteiger charge is 2.20. The minimum absolute atomic E-state index is 0.460. The van der Waals surface area contributed by atoms with Crippen LogP contribution in [0.4, 0.5) is 0 Å². The van der Waals surface area contributed by atoms with Gasteiger partial charge in [-0.05, 0) is 83.9 Å². The quantitative estimate of drug-likeness (QED) is 0.192. The largest absolute Gasteiger partial charge is 0.455 e. The summed E-state index contributed by atoms with van der Waals surface area (Å²) in [5.41, 5.74) is 7.03. The fourth-order valence-corrected chi connectivity index (χ4v) is 7.45. The van der Waals surface area contributed by atoms with Gasteiger partial charge >= 0.3 is 0 Å². The van der Waals surface area contributed by atoms with Crippen LogP contribution in [0.15, 0.2) is 132 Å². The Balaban J connectivity index is 1.24. The number of nitrogens with zero attached hydrogens (tertiary/aromatic N) is 5. The van der Waals surface area contributed by atoms with Gasteiger partial charge in [0.2, 0.25) is 0 Å². The Bertz CT molecular complexity index is 2720. The van der Waals surface area contributed by atoms with E-state index in [0.29, 0.717) is 34.2 Å². The molecule has 0 atom stereocenters. The third-order valence-corrected chi connectivity index (χ3v) is 9.77. The van der Waals surface area contributed by atoms with Crippen molar-refractivity contribution in [2.45, 2.75) is 0 Å². The van der Waals surface area contributed by atoms with Crippen molar-refractivity contribution in [2.24, 2.45) is 0 Å². The average molecular weight is 632 g/mol. The number of furan rings is 1. The lowest BCUT2D eigenvalue weighted by molar-refractivity contribution is 0.669. The van der Waals surface area contributed by atoms with Crippen LogP contribution in [0.25, 0.3) is 87.4 Å². The van der Waals surface area contributed by atoms with Crippen molar-refractivity contribution in [1.29, 1.82) is 10.5 Å². The number of aromatic nitrogens is 3. The highest BCUT2D eigenvalue weighted by atomic mass is 32.1. The van der Waals surface area contributed by atoms with E-state index in [0.717, 1.165) is 44.2 Å². The minimum Gasteiger partial charge on any atom is -0.455 e. The Morgan fingerprint density at radius 2 is 1.08 bits per heavy atom. The third-order valence-electron chi connectivity index (χ3n) is 8.63. The van der Waals surface area contributed by atoms with Crippen LogP contribution in [-0.4, -0.2) is 15.0 Å². The number of para-hydroxylation sites is 1. The first-order chi connectivity index (χ1) is 23.7. The van der Waals surface area contributed by atoms with Gasteiger partial charge in [-0.25, -0.2) is 15.0 Å². The molecule has 3 heterocycles. The first kappa shape index (κ1) is 27.6. The summed E-state index contributed by atoms with van der Waals surface area (Å²) in [4.78, 5) is 14.7. The Kier molecular flexibility index (Phi) is 6.33. The van der Waals surface area contributed by atoms with E-state index in [-0.39, 0.29) is 0 Å². The number of fused-ring (bicyclic) bond motifs is 6. The lowest BCUT2D eigenvalue weighted by Crippen LogP contribution is -2.00. The summed E-state index contributed by atoms with van der Waals surface area (Å²) in [6.07, 6.45) is 0. The molecule has 6 aromatic carbocycles. The van der Waals surface area contributed by atoms with Crippen molar-refractivity contribution in [3.8, 4) is 57.4 Å². The van der Waals surface area contributed by atoms with Gasteiger partial charge in [-0.15, -0.1) is 11.3 Å². The predicted molar refractivity (Wildman–Crippen MR) is 191 cm³/mol. The minimum atomic E-state index is 0.460. The Morgan fingerprint density at radius 3 is 1.79 bits per heavy atom. The molecule has 0 unspecified atom stereocenters. The van der Waals surface area contributed by atoms with Crippen LogP contribution in [0, 0.1) is 22.7 Å². The highest BCUT2D eigenvalue weighted by molar-refractivity contribution is 7.25. The van der Waals surface area contributed by atoms with Gasteiger partial charge in [0.25, 0.3) is 0 Å². The molecule has 0 fully saturated rings. The van der Waals surface area contributed by atoms with Crippen LogP contribution in [0.1, 0.15) is 11.1 Å². The fourth-order valence-electron chi connectivity index (χ4n) is 6.30. The molecule has 9 rings (SSSR count). The Morgan fingerprint density at radius 1 is 0.500 bits per heavy atom. The Hall–Kier alpha value is -6.67. The second kappa shape index (κ2) is 11.0. The van der Waals surface area contributed by atoms with Crippen LogP contribution in [0.5, 0.6) is 0 Å². The van der Waals surface area contributed by atoms with Crippen molar-refractivity contribution < 1.29 is 4.42 Å². The zero-order chi connectivity index (χ0) is 32.2. The molecule has 0 aliphatic rings. The second-order valence-corrected chi connectivity index (χ2v) is 12.5. The molecule has 222 valence electrons. The van der Waals surface area contributed by atoms with Gasteiger partial charge in [0.1, 0.15) is 11.2 Å². The molecule has 0 bridgehead atoms. The van der Waals surface area contributed by atoms with Crippen molar-refractivity contribution >= 4 is 53.4 Å². The van der Waals surface area contributed by atoms with Crippen LogP contribution >= 0.6 is 11.3 Å². The summed E-state index contributed by atoms with van der Waals surface area (Å²) in [6, 6.07) is 46.1. The molecule has 0 saturated heterocycles. The van der Waals surface area contributed by atoms with Gasteiger partial charge in [0.15, 0.2) is 17.5 Å². The monoisotopic (exact) mass is 631 g/mol. The van der Waals surface area contributed by atoms with Crippen LogP contribution in [-0.2, 0) is 0 Å². The Labute approximate surface area is 278 Å². The topological polar surface area (TPSA) is 99.4 Å². The summed E-state index contributed by atoms with van der Waals surface area (Å²) in [5.74, 6) is 1.39. The number of thiophene rings is 1. The molecule has 0 amide bonds. The smallest absolute Gasteiger partial charge is 0.167 e. The van der Waals surface area contributed by atoms with Crippen molar-refractivity contribution in [2.75, 3.05) is 0 Å². The van der Waals surface area contributed by atoms with Gasteiger partial charge in [-0.2, -0.15) is 10.5 Å². The van der Waals surface area contributed by atoms with E-state index >= 15 is 0 Å². The summed E-state index contributed by atoms with van der Waals surface area (Å²) in [6.45, 7) is 0. The lowest BCUT2D eigenvalue weighted by Gasteiger charge is -2.09. The molecule has 3 aromatic heterocycles. The average Bonchev–Trinajstić information content (AvgIpc) is 3.73. The van der Waals surface area contributed by atoms with Crippen molar-refractivity contribution in [3.63, 3.8) is 0 Å². The SMILES string of the molecule is N#Cc1ccc(-c2nc(-c3ccc(C#N)cc3)nc(-c3cccc4c3oc3cccc(-c5ccc6c(c5)sc5ccccc56)c34)n2)cc1. The fraction of sp³-hybridized carbons (Fsp3) is 0. The third kappa shape index (κ3) is 4.50. The van der Waals surface area contributed by atoms with Crippen molar-refractivity contribution in [3.05, 3.63) is 139 Å². The molecule has 0 spiro atoms. The molecular weight excluding hydrogens is 611 g/mol. The lowest BCUT2D eigenvalue weighted by atomic mass is 9.98. The first-order valence-corrected chi connectivity index (χ1v) is 16.1. The zero-order valence-corrected chi connectivity index (χ0v) is 26.0. The van der Waals surface area contributed by atoms with Gasteiger partial charge in [0.05, 0.1) is 28.8 Å². The van der Waals surface area contributed by atoms with Crippen LogP contribution in [0.2, 0.25) is 0 Å². The van der Waals surface area contributed by atoms with Gasteiger partial charge in [0, 0.05) is 42.1 Å². The summed E-state index contributed by atoms with van der Waals surface area (Å²) >= 11 is 1.81. The maximum atomic E-state index is 9.33. The van der Waals surface area contributed by atoms with Gasteiger partial charge < -0.3 is 4.42 Å². The summed E-state index contributed by atoms with van der Waals surface area (Å²) in [7, 11) is 0. The van der Waals surface area contributed by atoms with Gasteiger partial charge in [-0.1, -0.05) is 54.6 Å². The van der Waals surface area contributed by atoms with E-state index in [1.165, 1.54) is 20.2 Å². The van der Waals surface area contributed by atoms with E-state index in [1.54, 1.807) is 35.6 Å². The molecule has 6 nitrogen and oxygen atoms in total. The molecule has 0 radical (unpaired) electrons. The second-order valence-electron chi connectivity index (χ2n) is 11.5. The normalized spacial score (nSPS) is 11.3. The number of benzene rings is 6. The standard InChI is InChI=1S/C41H21N5OS/c42-22-24-11-15-26(16-12-24)39-44-40(27-17-13-25(23-43)14-18-27)46-41(45-39)33-8-3-7-32-37-29(6-4-9-34(37)47-38(32)33)28-19-20-31-30-5-1-2-10-35(30)48-36(31)21-28/h1-21H. The summed E-state index contributed by atoms with van der Waals surface area (Å²) in [5, 5.41) is 23.2. The molecule has 48 heavy (non-hydrogen) atoms. The van der Waals surface area contributed by atoms with E-state index in [4.69, 9.17) is 19.4 Å². The molecule has 7 heteroatoms. The molecule has 9 aromatic rings. The summed E-state index contributed by atoms with van der Waals surface area (Å²) < 4.78 is 9.14. The van der Waals surface area contributed by atoms with E-state index in [1.807, 2.05) is 48.5 Å². The molecule has 0 aliphatic carbocycles. The number of hydrogen-bond donors (Lipinski definition) is 0. The van der Waals surface area contributed by atoms with Crippen LogP contribution in [0.3, 0.4) is 0 Å². The number of rotatable bonds is 4. The molecule has 0 aliphatic heterocycles. The maximum absolute atomic E-state index is 9.33. The number of hydrogen-bond acceptors (Lipinski definition) is 7. The predicted octanol–water partition coefficient (Wildman–Crippen LogP) is 10.6. The molecule has 0 saturated carbocycles. The first-order valence-electron chi connectivity index (χ1n) is 15.3. The zero-order valence-electron chi connectivity index (χ0n) is 25.2.